The van der Waals surface area contributed by atoms with E-state index in [9.17, 15) is 27.8 Å². The zero-order valence-electron chi connectivity index (χ0n) is 20.4. The highest BCUT2D eigenvalue weighted by Crippen LogP contribution is 2.27. The summed E-state index contributed by atoms with van der Waals surface area (Å²) in [7, 11) is 0. The van der Waals surface area contributed by atoms with E-state index in [1.54, 1.807) is 11.3 Å². The maximum atomic E-state index is 13.6. The molecule has 0 amide bonds. The van der Waals surface area contributed by atoms with E-state index in [1.807, 2.05) is 17.5 Å². The lowest BCUT2D eigenvalue weighted by molar-refractivity contribution is -0.396. The molecule has 37 heavy (non-hydrogen) atoms. The molecule has 0 aliphatic carbocycles. The molecular weight excluding hydrogens is 532 g/mol. The van der Waals surface area contributed by atoms with Gasteiger partial charge in [0.1, 0.15) is 32.2 Å². The first-order chi connectivity index (χ1) is 17.6. The van der Waals surface area contributed by atoms with Crippen LogP contribution in [0.2, 0.25) is 0 Å². The summed E-state index contributed by atoms with van der Waals surface area (Å²) in [5.74, 6) is 0. The van der Waals surface area contributed by atoms with Crippen molar-refractivity contribution in [2.45, 2.75) is 37.3 Å². The Morgan fingerprint density at radius 1 is 0.757 bits per heavy atom. The molecule has 2 atom stereocenters. The third kappa shape index (κ3) is 19.7. The minimum absolute atomic E-state index is 0.0145. The van der Waals surface area contributed by atoms with Crippen LogP contribution in [0, 0.1) is 0 Å². The summed E-state index contributed by atoms with van der Waals surface area (Å²) >= 11 is 1.55. The minimum Gasteiger partial charge on any atom is -0.396 e. The summed E-state index contributed by atoms with van der Waals surface area (Å²) in [5, 5.41) is 29.8. The molecule has 0 spiro atoms. The molecule has 2 unspecified atom stereocenters. The maximum Gasteiger partial charge on any atom is 0.383 e. The first-order valence-electron chi connectivity index (χ1n) is 11.5. The fourth-order valence-electron chi connectivity index (χ4n) is 2.54. The van der Waals surface area contributed by atoms with Crippen LogP contribution in [0.25, 0.3) is 0 Å². The van der Waals surface area contributed by atoms with Crippen molar-refractivity contribution >= 4 is 11.3 Å². The maximum absolute atomic E-state index is 13.6. The van der Waals surface area contributed by atoms with Crippen molar-refractivity contribution in [1.82, 2.24) is 0 Å². The number of hydrogen-bond acceptors (Lipinski definition) is 11. The monoisotopic (exact) mass is 568 g/mol. The lowest BCUT2D eigenvalue weighted by Crippen LogP contribution is -2.40. The van der Waals surface area contributed by atoms with Crippen molar-refractivity contribution < 1.29 is 66.0 Å². The second-order valence-electron chi connectivity index (χ2n) is 7.71. The van der Waals surface area contributed by atoms with Gasteiger partial charge in [-0.1, -0.05) is 6.07 Å². The molecule has 218 valence electrons. The van der Waals surface area contributed by atoms with E-state index in [4.69, 9.17) is 24.1 Å². The lowest BCUT2D eigenvalue weighted by atomic mass is 10.3. The molecule has 0 radical (unpaired) electrons. The second kappa shape index (κ2) is 20.0. The summed E-state index contributed by atoms with van der Waals surface area (Å²) in [6.45, 7) is -3.78. The lowest BCUT2D eigenvalue weighted by Gasteiger charge is -2.24. The van der Waals surface area contributed by atoms with Crippen molar-refractivity contribution in [2.24, 2.45) is 0 Å². The van der Waals surface area contributed by atoms with Crippen LogP contribution in [-0.2, 0) is 39.6 Å². The first-order valence-corrected chi connectivity index (χ1v) is 12.4. The van der Waals surface area contributed by atoms with Crippen LogP contribution in [0.3, 0.4) is 0 Å². The van der Waals surface area contributed by atoms with Gasteiger partial charge in [-0.05, 0) is 17.9 Å². The van der Waals surface area contributed by atoms with Gasteiger partial charge in [0.25, 0.3) is 0 Å². The zero-order valence-corrected chi connectivity index (χ0v) is 21.2. The van der Waals surface area contributed by atoms with Gasteiger partial charge in [-0.2, -0.15) is 17.6 Å². The fourth-order valence-corrected chi connectivity index (χ4v) is 3.23. The summed E-state index contributed by atoms with van der Waals surface area (Å²) in [4.78, 5) is 1.09. The van der Waals surface area contributed by atoms with Crippen LogP contribution in [0.4, 0.5) is 17.6 Å². The number of aliphatic hydroxyl groups is 3. The fraction of sp³-hybridized carbons (Fsp3) is 0.818. The molecular formula is C22H36F4O10S. The molecule has 0 bridgehead atoms. The van der Waals surface area contributed by atoms with E-state index in [2.05, 4.69) is 14.2 Å². The topological polar surface area (TPSA) is 125 Å². The zero-order chi connectivity index (χ0) is 27.4. The van der Waals surface area contributed by atoms with Crippen LogP contribution in [0.5, 0.6) is 0 Å². The molecule has 0 aliphatic rings. The van der Waals surface area contributed by atoms with Crippen LogP contribution >= 0.6 is 11.3 Å². The molecule has 0 saturated carbocycles. The van der Waals surface area contributed by atoms with Gasteiger partial charge in [0.15, 0.2) is 0 Å². The minimum atomic E-state index is -4.33. The molecule has 0 aliphatic heterocycles. The summed E-state index contributed by atoms with van der Waals surface area (Å²) in [5.41, 5.74) is 0. The van der Waals surface area contributed by atoms with E-state index in [0.29, 0.717) is 26.1 Å². The Morgan fingerprint density at radius 2 is 1.32 bits per heavy atom. The van der Waals surface area contributed by atoms with Gasteiger partial charge in [0.2, 0.25) is 0 Å². The van der Waals surface area contributed by atoms with E-state index >= 15 is 0 Å². The molecule has 3 N–H and O–H groups in total. The summed E-state index contributed by atoms with van der Waals surface area (Å²) < 4.78 is 87.4. The SMILES string of the molecule is OCCCOCC(O)COCCOCOCC(F)(F)OC(F)(F)COCC(O)COCCc1cccs1. The molecule has 15 heteroatoms. The van der Waals surface area contributed by atoms with Gasteiger partial charge in [0.05, 0.1) is 46.2 Å². The Morgan fingerprint density at radius 3 is 1.95 bits per heavy atom. The normalized spacial score (nSPS) is 14.2. The van der Waals surface area contributed by atoms with Gasteiger partial charge in [-0.3, -0.25) is 4.74 Å². The predicted molar refractivity (Wildman–Crippen MR) is 123 cm³/mol. The van der Waals surface area contributed by atoms with Crippen molar-refractivity contribution in [3.63, 3.8) is 0 Å². The number of aliphatic hydroxyl groups excluding tert-OH is 3. The van der Waals surface area contributed by atoms with Crippen LogP contribution in [-0.4, -0.2) is 119 Å². The molecule has 0 saturated heterocycles. The molecule has 1 heterocycles. The molecule has 1 aromatic heterocycles. The molecule has 1 aromatic rings. The molecule has 10 nitrogen and oxygen atoms in total. The van der Waals surface area contributed by atoms with E-state index < -0.39 is 51.0 Å². The van der Waals surface area contributed by atoms with Gasteiger partial charge in [-0.15, -0.1) is 11.3 Å². The summed E-state index contributed by atoms with van der Waals surface area (Å²) in [6.07, 6.45) is -9.65. The summed E-state index contributed by atoms with van der Waals surface area (Å²) in [6, 6.07) is 3.82. The Labute approximate surface area is 216 Å². The predicted octanol–water partition coefficient (Wildman–Crippen LogP) is 1.65. The Balaban J connectivity index is 2.03. The third-order valence-electron chi connectivity index (χ3n) is 4.14. The van der Waals surface area contributed by atoms with Crippen molar-refractivity contribution in [3.05, 3.63) is 22.4 Å². The van der Waals surface area contributed by atoms with E-state index in [1.165, 1.54) is 0 Å². The van der Waals surface area contributed by atoms with Gasteiger partial charge in [0, 0.05) is 24.5 Å². The number of thiophene rings is 1. The number of halogens is 4. The standard InChI is InChI=1S/C22H36F4O10S/c23-21(24,15-34-14-19(29)12-31-7-4-20-3-1-10-37-20)36-22(25,26)16-35-17-33-9-8-32-13-18(28)11-30-6-2-5-27/h1,3,10,18-19,27-29H,2,4-9,11-17H2. The molecule has 0 fully saturated rings. The number of alkyl halides is 4. The second-order valence-corrected chi connectivity index (χ2v) is 8.74. The van der Waals surface area contributed by atoms with Gasteiger partial charge in [-0.25, -0.2) is 0 Å². The van der Waals surface area contributed by atoms with Crippen molar-refractivity contribution in [3.8, 4) is 0 Å². The number of hydrogen-bond donors (Lipinski definition) is 3. The van der Waals surface area contributed by atoms with E-state index in [0.717, 1.165) is 4.88 Å². The smallest absolute Gasteiger partial charge is 0.383 e. The Kier molecular flexibility index (Phi) is 18.4. The third-order valence-corrected chi connectivity index (χ3v) is 5.07. The van der Waals surface area contributed by atoms with E-state index in [-0.39, 0.29) is 39.6 Å². The first kappa shape index (κ1) is 34.0. The van der Waals surface area contributed by atoms with Crippen molar-refractivity contribution in [1.29, 1.82) is 0 Å². The highest BCUT2D eigenvalue weighted by atomic mass is 32.1. The van der Waals surface area contributed by atoms with Crippen molar-refractivity contribution in [2.75, 3.05) is 79.5 Å². The highest BCUT2D eigenvalue weighted by molar-refractivity contribution is 7.09. The van der Waals surface area contributed by atoms with Gasteiger partial charge < -0.3 is 43.7 Å². The van der Waals surface area contributed by atoms with Crippen LogP contribution in [0.1, 0.15) is 11.3 Å². The molecule has 0 aromatic carbocycles. The average molecular weight is 569 g/mol. The average Bonchev–Trinajstić information content (AvgIpc) is 3.34. The van der Waals surface area contributed by atoms with Crippen LogP contribution < -0.4 is 0 Å². The Hall–Kier alpha value is -0.980. The largest absolute Gasteiger partial charge is 0.396 e. The molecule has 1 rings (SSSR count). The number of rotatable bonds is 25. The van der Waals surface area contributed by atoms with Gasteiger partial charge >= 0.3 is 12.2 Å². The van der Waals surface area contributed by atoms with Crippen LogP contribution in [0.15, 0.2) is 17.5 Å². The highest BCUT2D eigenvalue weighted by Gasteiger charge is 2.44. The number of ether oxygens (including phenoxy) is 7. The Bertz CT molecular complexity index is 657. The quantitative estimate of drug-likeness (QED) is 0.0911.